The summed E-state index contributed by atoms with van der Waals surface area (Å²) in [7, 11) is 0. The monoisotopic (exact) mass is 250 g/mol. The number of rotatable bonds is 4. The maximum absolute atomic E-state index is 11.0. The first-order valence-corrected chi connectivity index (χ1v) is 6.14. The molecule has 0 spiro atoms. The molecule has 1 aliphatic carbocycles. The minimum Gasteiger partial charge on any atom is -0.550 e. The van der Waals surface area contributed by atoms with Crippen LogP contribution in [0.25, 0.3) is 0 Å². The molecule has 0 bridgehead atoms. The number of carboxylic acids is 2. The van der Waals surface area contributed by atoms with Crippen molar-refractivity contribution in [3.63, 3.8) is 0 Å². The van der Waals surface area contributed by atoms with Crippen LogP contribution < -0.4 is 10.2 Å². The summed E-state index contributed by atoms with van der Waals surface area (Å²) in [6, 6.07) is 0. The first-order valence-electron chi connectivity index (χ1n) is 6.14. The molecule has 0 radical (unpaired) electrons. The summed E-state index contributed by atoms with van der Waals surface area (Å²) >= 11 is 0. The van der Waals surface area contributed by atoms with Crippen molar-refractivity contribution in [1.82, 2.24) is 0 Å². The second kappa shape index (κ2) is 6.38. The number of hydrogen-bond acceptors (Lipinski definition) is 4. The summed E-state index contributed by atoms with van der Waals surface area (Å²) in [5, 5.41) is 21.8. The minimum absolute atomic E-state index is 0.261. The van der Waals surface area contributed by atoms with E-state index in [0.29, 0.717) is 12.8 Å². The van der Waals surface area contributed by atoms with E-state index in [0.717, 1.165) is 12.0 Å². The van der Waals surface area contributed by atoms with Crippen molar-refractivity contribution in [1.29, 1.82) is 0 Å². The van der Waals surface area contributed by atoms with Gasteiger partial charge in [0.2, 0.25) is 0 Å². The summed E-state index contributed by atoms with van der Waals surface area (Å²) in [4.78, 5) is 21.8. The predicted molar refractivity (Wildman–Crippen MR) is 63.0 cm³/mol. The van der Waals surface area contributed by atoms with E-state index in [1.807, 2.05) is 26.0 Å². The Morgan fingerprint density at radius 2 is 1.83 bits per heavy atom. The van der Waals surface area contributed by atoms with Crippen molar-refractivity contribution in [2.24, 2.45) is 11.8 Å². The number of aliphatic carboxylic acids is 2. The Morgan fingerprint density at radius 3 is 2.33 bits per heavy atom. The molecule has 4 heteroatoms. The highest BCUT2D eigenvalue weighted by Crippen LogP contribution is 2.33. The molecular formula is C14H18O4-2. The van der Waals surface area contributed by atoms with E-state index in [2.05, 4.69) is 0 Å². The van der Waals surface area contributed by atoms with Gasteiger partial charge in [0.25, 0.3) is 0 Å². The molecule has 0 saturated heterocycles. The summed E-state index contributed by atoms with van der Waals surface area (Å²) in [5.74, 6) is -4.46. The standard InChI is InChI=1S/C14H20O4/c1-9(2)4-3-5-10-6-7-11(13(15)16)12(8-10)14(17)18/h4-5,11-12H,3,6-8H2,1-2H3,(H,15,16)(H,17,18)/p-2/b10-5+/t11-,12-/m1/s1. The Morgan fingerprint density at radius 1 is 1.22 bits per heavy atom. The fraction of sp³-hybridized carbons (Fsp3) is 0.571. The van der Waals surface area contributed by atoms with Gasteiger partial charge in [-0.2, -0.15) is 0 Å². The van der Waals surface area contributed by atoms with Gasteiger partial charge < -0.3 is 19.8 Å². The fourth-order valence-corrected chi connectivity index (χ4v) is 2.25. The van der Waals surface area contributed by atoms with Gasteiger partial charge in [-0.1, -0.05) is 23.3 Å². The number of carbonyl (C=O) groups is 2. The quantitative estimate of drug-likeness (QED) is 0.667. The zero-order valence-corrected chi connectivity index (χ0v) is 10.8. The van der Waals surface area contributed by atoms with Crippen LogP contribution in [0.5, 0.6) is 0 Å². The molecule has 100 valence electrons. The van der Waals surface area contributed by atoms with E-state index in [-0.39, 0.29) is 6.42 Å². The topological polar surface area (TPSA) is 80.3 Å². The normalized spacial score (nSPS) is 25.8. The van der Waals surface area contributed by atoms with Crippen molar-refractivity contribution in [2.45, 2.75) is 39.5 Å². The van der Waals surface area contributed by atoms with Crippen LogP contribution >= 0.6 is 0 Å². The number of allylic oxidation sites excluding steroid dienone is 4. The van der Waals surface area contributed by atoms with Gasteiger partial charge in [0.15, 0.2) is 0 Å². The van der Waals surface area contributed by atoms with Crippen molar-refractivity contribution < 1.29 is 19.8 Å². The molecule has 1 saturated carbocycles. The van der Waals surface area contributed by atoms with E-state index in [4.69, 9.17) is 0 Å². The molecule has 1 aliphatic rings. The van der Waals surface area contributed by atoms with E-state index < -0.39 is 23.8 Å². The van der Waals surface area contributed by atoms with Crippen LogP contribution in [0.3, 0.4) is 0 Å². The van der Waals surface area contributed by atoms with Crippen molar-refractivity contribution in [3.05, 3.63) is 23.3 Å². The van der Waals surface area contributed by atoms with Gasteiger partial charge in [0.1, 0.15) is 0 Å². The van der Waals surface area contributed by atoms with Crippen LogP contribution in [0.4, 0.5) is 0 Å². The minimum atomic E-state index is -1.29. The van der Waals surface area contributed by atoms with E-state index in [1.54, 1.807) is 0 Å². The molecule has 0 aromatic heterocycles. The van der Waals surface area contributed by atoms with Gasteiger partial charge in [0, 0.05) is 23.8 Å². The largest absolute Gasteiger partial charge is 0.550 e. The van der Waals surface area contributed by atoms with Crippen LogP contribution in [-0.2, 0) is 9.59 Å². The summed E-state index contributed by atoms with van der Waals surface area (Å²) < 4.78 is 0. The Bertz CT molecular complexity index is 389. The predicted octanol–water partition coefficient (Wildman–Crippen LogP) is 0.185. The third-order valence-corrected chi connectivity index (χ3v) is 3.28. The molecule has 0 aromatic carbocycles. The van der Waals surface area contributed by atoms with Gasteiger partial charge in [-0.25, -0.2) is 0 Å². The number of carboxylic acid groups (broad SMARTS) is 2. The number of carbonyl (C=O) groups excluding carboxylic acids is 2. The van der Waals surface area contributed by atoms with Crippen LogP contribution in [0.15, 0.2) is 23.3 Å². The molecule has 0 unspecified atom stereocenters. The van der Waals surface area contributed by atoms with Gasteiger partial charge in [-0.05, 0) is 39.5 Å². The third kappa shape index (κ3) is 4.02. The molecule has 0 N–H and O–H groups in total. The van der Waals surface area contributed by atoms with Crippen molar-refractivity contribution in [3.8, 4) is 0 Å². The highest BCUT2D eigenvalue weighted by atomic mass is 16.4. The average molecular weight is 250 g/mol. The zero-order valence-electron chi connectivity index (χ0n) is 10.8. The van der Waals surface area contributed by atoms with Gasteiger partial charge >= 0.3 is 0 Å². The lowest BCUT2D eigenvalue weighted by Gasteiger charge is -2.34. The molecule has 0 aliphatic heterocycles. The van der Waals surface area contributed by atoms with Crippen molar-refractivity contribution in [2.75, 3.05) is 0 Å². The van der Waals surface area contributed by atoms with Crippen LogP contribution in [0.1, 0.15) is 39.5 Å². The SMILES string of the molecule is CC(C)=CC/C=C1\CC[C@@H](C(=O)[O-])[C@H](C(=O)[O-])C1. The first kappa shape index (κ1) is 14.5. The zero-order chi connectivity index (χ0) is 13.7. The van der Waals surface area contributed by atoms with Crippen LogP contribution in [0.2, 0.25) is 0 Å². The Hall–Kier alpha value is -1.58. The molecule has 1 fully saturated rings. The summed E-state index contributed by atoms with van der Waals surface area (Å²) in [5.41, 5.74) is 2.20. The lowest BCUT2D eigenvalue weighted by Crippen LogP contribution is -2.45. The Kier molecular flexibility index (Phi) is 5.13. The van der Waals surface area contributed by atoms with Crippen LogP contribution in [-0.4, -0.2) is 11.9 Å². The molecule has 4 nitrogen and oxygen atoms in total. The lowest BCUT2D eigenvalue weighted by molar-refractivity contribution is -0.327. The lowest BCUT2D eigenvalue weighted by atomic mass is 9.76. The molecule has 18 heavy (non-hydrogen) atoms. The molecule has 1 rings (SSSR count). The third-order valence-electron chi connectivity index (χ3n) is 3.28. The second-order valence-corrected chi connectivity index (χ2v) is 4.97. The highest BCUT2D eigenvalue weighted by molar-refractivity contribution is 5.78. The van der Waals surface area contributed by atoms with E-state index in [9.17, 15) is 19.8 Å². The number of hydrogen-bond donors (Lipinski definition) is 0. The maximum atomic E-state index is 11.0. The average Bonchev–Trinajstić information content (AvgIpc) is 2.28. The molecule has 2 atom stereocenters. The summed E-state index contributed by atoms with van der Waals surface area (Å²) in [6.07, 6.45) is 5.99. The molecular weight excluding hydrogens is 232 g/mol. The van der Waals surface area contributed by atoms with Gasteiger partial charge in [-0.3, -0.25) is 0 Å². The molecule has 0 heterocycles. The first-order chi connectivity index (χ1) is 8.41. The van der Waals surface area contributed by atoms with Gasteiger partial charge in [0.05, 0.1) is 0 Å². The van der Waals surface area contributed by atoms with Gasteiger partial charge in [-0.15, -0.1) is 0 Å². The molecule has 0 amide bonds. The Balaban J connectivity index is 2.71. The summed E-state index contributed by atoms with van der Waals surface area (Å²) in [6.45, 7) is 3.99. The van der Waals surface area contributed by atoms with Crippen LogP contribution in [0, 0.1) is 11.8 Å². The fourth-order valence-electron chi connectivity index (χ4n) is 2.25. The smallest absolute Gasteiger partial charge is 0.0455 e. The second-order valence-electron chi connectivity index (χ2n) is 4.97. The Labute approximate surface area is 107 Å². The molecule has 0 aromatic rings. The van der Waals surface area contributed by atoms with Crippen molar-refractivity contribution >= 4 is 11.9 Å². The van der Waals surface area contributed by atoms with E-state index >= 15 is 0 Å². The maximum Gasteiger partial charge on any atom is 0.0455 e. The van der Waals surface area contributed by atoms with E-state index in [1.165, 1.54) is 5.57 Å². The highest BCUT2D eigenvalue weighted by Gasteiger charge is 2.29.